The molecule has 28 heavy (non-hydrogen) atoms. The third kappa shape index (κ3) is 6.16. The van der Waals surface area contributed by atoms with Crippen LogP contribution in [-0.2, 0) is 24.3 Å². The summed E-state index contributed by atoms with van der Waals surface area (Å²) >= 11 is 3.32. The molecular formula is C18H16BrN3O5S. The highest BCUT2D eigenvalue weighted by atomic mass is 79.9. The van der Waals surface area contributed by atoms with E-state index in [1.54, 1.807) is 12.1 Å². The summed E-state index contributed by atoms with van der Waals surface area (Å²) in [5.74, 6) is -1.45. The predicted molar refractivity (Wildman–Crippen MR) is 105 cm³/mol. The molecule has 0 aliphatic carbocycles. The Morgan fingerprint density at radius 1 is 1.18 bits per heavy atom. The molecule has 0 atom stereocenters. The van der Waals surface area contributed by atoms with E-state index in [-0.39, 0.29) is 4.90 Å². The maximum Gasteiger partial charge on any atom is 0.321 e. The van der Waals surface area contributed by atoms with Crippen LogP contribution in [0.5, 0.6) is 0 Å². The highest BCUT2D eigenvalue weighted by Gasteiger charge is 2.17. The Bertz CT molecular complexity index is 1030. The zero-order chi connectivity index (χ0) is 20.7. The van der Waals surface area contributed by atoms with Gasteiger partial charge in [0.2, 0.25) is 10.0 Å². The lowest BCUT2D eigenvalue weighted by atomic mass is 10.2. The fourth-order valence-corrected chi connectivity index (χ4v) is 3.54. The van der Waals surface area contributed by atoms with Gasteiger partial charge in [0.25, 0.3) is 5.91 Å². The minimum atomic E-state index is -3.94. The van der Waals surface area contributed by atoms with Gasteiger partial charge in [0.05, 0.1) is 16.5 Å². The molecule has 0 radical (unpaired) electrons. The summed E-state index contributed by atoms with van der Waals surface area (Å²) in [6.07, 6.45) is 0. The summed E-state index contributed by atoms with van der Waals surface area (Å²) in [7, 11) is -3.94. The first kappa shape index (κ1) is 21.6. The second-order valence-electron chi connectivity index (χ2n) is 5.63. The van der Waals surface area contributed by atoms with Crippen molar-refractivity contribution in [3.05, 3.63) is 58.1 Å². The maximum atomic E-state index is 12.1. The Balaban J connectivity index is 1.83. The molecule has 0 unspecified atom stereocenters. The van der Waals surface area contributed by atoms with Crippen LogP contribution in [0, 0.1) is 18.3 Å². The van der Waals surface area contributed by atoms with Gasteiger partial charge < -0.3 is 10.1 Å². The molecule has 0 aromatic heterocycles. The van der Waals surface area contributed by atoms with Gasteiger partial charge in [0.15, 0.2) is 6.61 Å². The summed E-state index contributed by atoms with van der Waals surface area (Å²) in [5, 5.41) is 11.3. The van der Waals surface area contributed by atoms with Crippen molar-refractivity contribution in [1.29, 1.82) is 5.26 Å². The van der Waals surface area contributed by atoms with Crippen molar-refractivity contribution in [1.82, 2.24) is 4.72 Å². The average Bonchev–Trinajstić information content (AvgIpc) is 2.67. The second-order valence-corrected chi connectivity index (χ2v) is 8.31. The average molecular weight is 466 g/mol. The molecule has 2 rings (SSSR count). The smallest absolute Gasteiger partial charge is 0.321 e. The number of carbonyl (C=O) groups excluding carboxylic acids is 2. The molecule has 10 heteroatoms. The monoisotopic (exact) mass is 465 g/mol. The van der Waals surface area contributed by atoms with Crippen molar-refractivity contribution in [3.63, 3.8) is 0 Å². The zero-order valence-electron chi connectivity index (χ0n) is 14.7. The highest BCUT2D eigenvalue weighted by Crippen LogP contribution is 2.19. The molecule has 0 fully saturated rings. The minimum Gasteiger partial charge on any atom is -0.455 e. The van der Waals surface area contributed by atoms with E-state index in [1.165, 1.54) is 24.3 Å². The number of hydrogen-bond acceptors (Lipinski definition) is 6. The number of anilines is 1. The Morgan fingerprint density at radius 3 is 2.46 bits per heavy atom. The number of hydrogen-bond donors (Lipinski definition) is 2. The van der Waals surface area contributed by atoms with E-state index in [4.69, 9.17) is 10.00 Å². The molecule has 0 bridgehead atoms. The summed E-state index contributed by atoms with van der Waals surface area (Å²) in [4.78, 5) is 23.5. The first-order valence-corrected chi connectivity index (χ1v) is 10.2. The number of esters is 1. The molecule has 146 valence electrons. The molecule has 0 saturated carbocycles. The molecule has 2 aromatic rings. The number of carbonyl (C=O) groups is 2. The molecule has 0 heterocycles. The summed E-state index contributed by atoms with van der Waals surface area (Å²) in [5.41, 5.74) is 1.71. The van der Waals surface area contributed by atoms with Crippen LogP contribution in [-0.4, -0.2) is 33.4 Å². The number of amides is 1. The number of ether oxygens (including phenoxy) is 1. The highest BCUT2D eigenvalue weighted by molar-refractivity contribution is 9.10. The third-order valence-electron chi connectivity index (χ3n) is 3.53. The van der Waals surface area contributed by atoms with Crippen LogP contribution in [0.25, 0.3) is 0 Å². The normalized spacial score (nSPS) is 10.8. The third-order valence-corrected chi connectivity index (χ3v) is 5.44. The van der Waals surface area contributed by atoms with Crippen molar-refractivity contribution in [2.75, 3.05) is 18.5 Å². The second kappa shape index (κ2) is 9.45. The minimum absolute atomic E-state index is 0.0947. The van der Waals surface area contributed by atoms with Crippen LogP contribution in [0.2, 0.25) is 0 Å². The van der Waals surface area contributed by atoms with Crippen molar-refractivity contribution >= 4 is 43.5 Å². The predicted octanol–water partition coefficient (Wildman–Crippen LogP) is 2.09. The summed E-state index contributed by atoms with van der Waals surface area (Å²) < 4.78 is 31.9. The van der Waals surface area contributed by atoms with Gasteiger partial charge in [-0.3, -0.25) is 9.59 Å². The molecule has 2 N–H and O–H groups in total. The van der Waals surface area contributed by atoms with Crippen LogP contribution in [0.4, 0.5) is 5.69 Å². The molecule has 0 aliphatic rings. The molecule has 0 spiro atoms. The number of nitrogens with one attached hydrogen (secondary N) is 2. The lowest BCUT2D eigenvalue weighted by Crippen LogP contribution is -2.32. The largest absolute Gasteiger partial charge is 0.455 e. The van der Waals surface area contributed by atoms with E-state index < -0.39 is 35.1 Å². The molecule has 2 aromatic carbocycles. The van der Waals surface area contributed by atoms with E-state index in [0.29, 0.717) is 11.3 Å². The lowest BCUT2D eigenvalue weighted by molar-refractivity contribution is -0.146. The Morgan fingerprint density at radius 2 is 1.86 bits per heavy atom. The number of rotatable bonds is 7. The fourth-order valence-electron chi connectivity index (χ4n) is 2.10. The molecule has 0 saturated heterocycles. The number of sulfonamides is 1. The zero-order valence-corrected chi connectivity index (χ0v) is 17.1. The number of nitrogens with zero attached hydrogens (tertiary/aromatic N) is 1. The fraction of sp³-hybridized carbons (Fsp3) is 0.167. The summed E-state index contributed by atoms with van der Waals surface area (Å²) in [6.45, 7) is 0.629. The van der Waals surface area contributed by atoms with E-state index in [2.05, 4.69) is 26.0 Å². The topological polar surface area (TPSA) is 125 Å². The van der Waals surface area contributed by atoms with Crippen molar-refractivity contribution in [3.8, 4) is 6.07 Å². The van der Waals surface area contributed by atoms with Gasteiger partial charge in [-0.2, -0.15) is 9.98 Å². The Kier molecular flexibility index (Phi) is 7.28. The van der Waals surface area contributed by atoms with Gasteiger partial charge in [0, 0.05) is 10.2 Å². The maximum absolute atomic E-state index is 12.1. The van der Waals surface area contributed by atoms with E-state index in [9.17, 15) is 18.0 Å². The quantitative estimate of drug-likeness (QED) is 0.602. The van der Waals surface area contributed by atoms with Gasteiger partial charge in [-0.1, -0.05) is 15.9 Å². The lowest BCUT2D eigenvalue weighted by Gasteiger charge is -2.10. The van der Waals surface area contributed by atoms with Crippen LogP contribution < -0.4 is 10.0 Å². The van der Waals surface area contributed by atoms with E-state index in [0.717, 1.165) is 10.0 Å². The van der Waals surface area contributed by atoms with E-state index >= 15 is 0 Å². The van der Waals surface area contributed by atoms with Gasteiger partial charge in [-0.05, 0) is 55.0 Å². The van der Waals surface area contributed by atoms with E-state index in [1.807, 2.05) is 19.1 Å². The number of nitriles is 1. The SMILES string of the molecule is Cc1cc(Br)ccc1NC(=O)COC(=O)CNS(=O)(=O)c1ccc(C#N)cc1. The first-order valence-electron chi connectivity index (χ1n) is 7.93. The molecule has 1 amide bonds. The van der Waals surface area contributed by atoms with Crippen LogP contribution in [0.3, 0.4) is 0 Å². The molecule has 0 aliphatic heterocycles. The standard InChI is InChI=1S/C18H16BrN3O5S/c1-12-8-14(19)4-7-16(12)22-17(23)11-27-18(24)10-21-28(25,26)15-5-2-13(9-20)3-6-15/h2-8,21H,10-11H2,1H3,(H,22,23). The number of benzene rings is 2. The van der Waals surface area contributed by atoms with Gasteiger partial charge >= 0.3 is 5.97 Å². The van der Waals surface area contributed by atoms with Crippen LogP contribution in [0.1, 0.15) is 11.1 Å². The number of halogens is 1. The summed E-state index contributed by atoms with van der Waals surface area (Å²) in [6, 6.07) is 12.3. The van der Waals surface area contributed by atoms with Gasteiger partial charge in [0.1, 0.15) is 6.54 Å². The van der Waals surface area contributed by atoms with Gasteiger partial charge in [-0.25, -0.2) is 8.42 Å². The van der Waals surface area contributed by atoms with Crippen molar-refractivity contribution < 1.29 is 22.7 Å². The van der Waals surface area contributed by atoms with Crippen LogP contribution in [0.15, 0.2) is 51.8 Å². The Labute approximate surface area is 170 Å². The molecular weight excluding hydrogens is 450 g/mol. The number of aryl methyl sites for hydroxylation is 1. The van der Waals surface area contributed by atoms with Crippen molar-refractivity contribution in [2.24, 2.45) is 0 Å². The van der Waals surface area contributed by atoms with Gasteiger partial charge in [-0.15, -0.1) is 0 Å². The first-order chi connectivity index (χ1) is 13.2. The van der Waals surface area contributed by atoms with Crippen LogP contribution >= 0.6 is 15.9 Å². The molecule has 8 nitrogen and oxygen atoms in total. The van der Waals surface area contributed by atoms with Crippen molar-refractivity contribution in [2.45, 2.75) is 11.8 Å². The Hall–Kier alpha value is -2.74.